The van der Waals surface area contributed by atoms with Crippen LogP contribution in [0.1, 0.15) is 50.6 Å². The highest BCUT2D eigenvalue weighted by atomic mass is 79.9. The number of benzene rings is 1. The molecule has 1 aliphatic rings. The second kappa shape index (κ2) is 7.21. The molecule has 0 radical (unpaired) electrons. The minimum absolute atomic E-state index is 0.0107. The molecule has 1 aromatic carbocycles. The average molecular weight is 357 g/mol. The van der Waals surface area contributed by atoms with E-state index >= 15 is 0 Å². The summed E-state index contributed by atoms with van der Waals surface area (Å²) in [4.78, 5) is 2.30. The highest BCUT2D eigenvalue weighted by molar-refractivity contribution is 9.10. The Kier molecular flexibility index (Phi) is 5.81. The lowest BCUT2D eigenvalue weighted by molar-refractivity contribution is 0.103. The van der Waals surface area contributed by atoms with Crippen molar-refractivity contribution in [2.75, 3.05) is 20.6 Å². The highest BCUT2D eigenvalue weighted by Gasteiger charge is 2.44. The molecule has 0 heterocycles. The summed E-state index contributed by atoms with van der Waals surface area (Å²) in [6.45, 7) is 3.06. The van der Waals surface area contributed by atoms with Gasteiger partial charge in [-0.25, -0.2) is 4.39 Å². The predicted molar refractivity (Wildman–Crippen MR) is 90.0 cm³/mol. The Hall–Kier alpha value is -0.450. The zero-order chi connectivity index (χ0) is 15.5. The summed E-state index contributed by atoms with van der Waals surface area (Å²) in [5.41, 5.74) is 0.796. The number of likely N-dealkylation sites (N-methyl/N-ethyl adjacent to an activating group) is 1. The minimum Gasteiger partial charge on any atom is -0.308 e. The molecule has 0 spiro atoms. The molecule has 1 aromatic rings. The molecule has 1 atom stereocenters. The van der Waals surface area contributed by atoms with Gasteiger partial charge in [0.2, 0.25) is 0 Å². The first kappa shape index (κ1) is 16.9. The molecule has 1 saturated carbocycles. The van der Waals surface area contributed by atoms with Gasteiger partial charge in [-0.05, 0) is 61.9 Å². The largest absolute Gasteiger partial charge is 0.308 e. The topological polar surface area (TPSA) is 15.3 Å². The maximum atomic E-state index is 14.7. The Morgan fingerprint density at radius 3 is 2.57 bits per heavy atom. The molecule has 1 N–H and O–H groups in total. The number of hydrogen-bond acceptors (Lipinski definition) is 2. The maximum absolute atomic E-state index is 14.7. The van der Waals surface area contributed by atoms with Gasteiger partial charge in [0.1, 0.15) is 5.82 Å². The van der Waals surface area contributed by atoms with E-state index in [0.29, 0.717) is 4.47 Å². The van der Waals surface area contributed by atoms with E-state index in [2.05, 4.69) is 47.2 Å². The van der Waals surface area contributed by atoms with Crippen LogP contribution >= 0.6 is 15.9 Å². The molecule has 0 aliphatic heterocycles. The van der Waals surface area contributed by atoms with Crippen molar-refractivity contribution >= 4 is 15.9 Å². The zero-order valence-corrected chi connectivity index (χ0v) is 14.8. The fourth-order valence-electron chi connectivity index (χ4n) is 3.60. The summed E-state index contributed by atoms with van der Waals surface area (Å²) in [6.07, 6.45) is 5.73. The third-order valence-electron chi connectivity index (χ3n) is 4.79. The Morgan fingerprint density at radius 2 is 2.00 bits per heavy atom. The molecule has 1 aliphatic carbocycles. The molecule has 1 fully saturated rings. The van der Waals surface area contributed by atoms with Crippen LogP contribution in [0.4, 0.5) is 4.39 Å². The third kappa shape index (κ3) is 3.33. The second-order valence-electron chi connectivity index (χ2n) is 6.24. The number of nitrogens with zero attached hydrogens (tertiary/aromatic N) is 1. The van der Waals surface area contributed by atoms with Crippen molar-refractivity contribution in [3.63, 3.8) is 0 Å². The minimum atomic E-state index is -0.126. The van der Waals surface area contributed by atoms with E-state index in [1.165, 1.54) is 12.8 Å². The van der Waals surface area contributed by atoms with Crippen LogP contribution in [0, 0.1) is 5.82 Å². The van der Waals surface area contributed by atoms with Crippen LogP contribution in [0.25, 0.3) is 0 Å². The first-order valence-corrected chi connectivity index (χ1v) is 8.67. The summed E-state index contributed by atoms with van der Waals surface area (Å²) < 4.78 is 15.2. The predicted octanol–water partition coefficient (Wildman–Crippen LogP) is 4.50. The van der Waals surface area contributed by atoms with Crippen LogP contribution in [0.2, 0.25) is 0 Å². The molecular weight excluding hydrogens is 331 g/mol. The lowest BCUT2D eigenvalue weighted by atomic mass is 9.82. The highest BCUT2D eigenvalue weighted by Crippen LogP contribution is 2.44. The normalized spacial score (nSPS) is 19.1. The van der Waals surface area contributed by atoms with Gasteiger partial charge in [-0.1, -0.05) is 31.9 Å². The summed E-state index contributed by atoms with van der Waals surface area (Å²) in [6, 6.07) is 5.66. The van der Waals surface area contributed by atoms with Crippen LogP contribution in [-0.2, 0) is 0 Å². The summed E-state index contributed by atoms with van der Waals surface area (Å²) in [7, 11) is 4.25. The fourth-order valence-corrected chi connectivity index (χ4v) is 3.98. The van der Waals surface area contributed by atoms with Gasteiger partial charge in [-0.3, -0.25) is 0 Å². The summed E-state index contributed by atoms with van der Waals surface area (Å²) in [5, 5.41) is 3.62. The third-order valence-corrected chi connectivity index (χ3v) is 5.40. The first-order valence-electron chi connectivity index (χ1n) is 7.87. The van der Waals surface area contributed by atoms with Crippen LogP contribution < -0.4 is 5.32 Å². The number of halogens is 2. The van der Waals surface area contributed by atoms with Crippen molar-refractivity contribution in [2.24, 2.45) is 0 Å². The van der Waals surface area contributed by atoms with E-state index in [0.717, 1.165) is 31.4 Å². The zero-order valence-electron chi connectivity index (χ0n) is 13.3. The SMILES string of the molecule is CCCNC(c1cccc(Br)c1F)C1(N(C)C)CCCC1. The molecule has 0 amide bonds. The molecule has 0 saturated heterocycles. The van der Waals surface area contributed by atoms with Gasteiger partial charge in [0, 0.05) is 11.1 Å². The van der Waals surface area contributed by atoms with Crippen molar-refractivity contribution in [1.29, 1.82) is 0 Å². The van der Waals surface area contributed by atoms with Crippen molar-refractivity contribution in [2.45, 2.75) is 50.6 Å². The summed E-state index contributed by atoms with van der Waals surface area (Å²) in [5.74, 6) is -0.126. The van der Waals surface area contributed by atoms with E-state index in [9.17, 15) is 4.39 Å². The average Bonchev–Trinajstić information content (AvgIpc) is 2.94. The van der Waals surface area contributed by atoms with Crippen molar-refractivity contribution in [3.05, 3.63) is 34.1 Å². The molecule has 0 aromatic heterocycles. The van der Waals surface area contributed by atoms with Gasteiger partial charge in [-0.15, -0.1) is 0 Å². The Labute approximate surface area is 136 Å². The molecule has 1 unspecified atom stereocenters. The fraction of sp³-hybridized carbons (Fsp3) is 0.647. The number of nitrogens with one attached hydrogen (secondary N) is 1. The van der Waals surface area contributed by atoms with E-state index < -0.39 is 0 Å². The lowest BCUT2D eigenvalue weighted by Gasteiger charge is -2.44. The van der Waals surface area contributed by atoms with E-state index in [1.54, 1.807) is 6.07 Å². The molecule has 2 nitrogen and oxygen atoms in total. The lowest BCUT2D eigenvalue weighted by Crippen LogP contribution is -2.52. The van der Waals surface area contributed by atoms with Crippen LogP contribution in [-0.4, -0.2) is 31.1 Å². The second-order valence-corrected chi connectivity index (χ2v) is 7.09. The van der Waals surface area contributed by atoms with Gasteiger partial charge >= 0.3 is 0 Å². The van der Waals surface area contributed by atoms with Crippen molar-refractivity contribution in [1.82, 2.24) is 10.2 Å². The number of rotatable bonds is 6. The molecular formula is C17H26BrFN2. The Balaban J connectivity index is 2.44. The molecule has 0 bridgehead atoms. The number of hydrogen-bond donors (Lipinski definition) is 1. The van der Waals surface area contributed by atoms with Crippen molar-refractivity contribution in [3.8, 4) is 0 Å². The van der Waals surface area contributed by atoms with Gasteiger partial charge in [0.15, 0.2) is 0 Å². The van der Waals surface area contributed by atoms with Crippen molar-refractivity contribution < 1.29 is 4.39 Å². The standard InChI is InChI=1S/C17H26BrFN2/c1-4-12-20-16(13-8-7-9-14(18)15(13)19)17(21(2)3)10-5-6-11-17/h7-9,16,20H,4-6,10-12H2,1-3H3. The van der Waals surface area contributed by atoms with Gasteiger partial charge < -0.3 is 10.2 Å². The monoisotopic (exact) mass is 356 g/mol. The molecule has 4 heteroatoms. The Morgan fingerprint density at radius 1 is 1.33 bits per heavy atom. The quantitative estimate of drug-likeness (QED) is 0.806. The van der Waals surface area contributed by atoms with Gasteiger partial charge in [-0.2, -0.15) is 0 Å². The summed E-state index contributed by atoms with van der Waals surface area (Å²) >= 11 is 3.33. The van der Waals surface area contributed by atoms with E-state index in [1.807, 2.05) is 12.1 Å². The molecule has 21 heavy (non-hydrogen) atoms. The van der Waals surface area contributed by atoms with E-state index in [4.69, 9.17) is 0 Å². The van der Waals surface area contributed by atoms with Gasteiger partial charge in [0.05, 0.1) is 10.5 Å². The van der Waals surface area contributed by atoms with Crippen LogP contribution in [0.5, 0.6) is 0 Å². The molecule has 2 rings (SSSR count). The smallest absolute Gasteiger partial charge is 0.142 e. The van der Waals surface area contributed by atoms with Crippen LogP contribution in [0.15, 0.2) is 22.7 Å². The van der Waals surface area contributed by atoms with Gasteiger partial charge in [0.25, 0.3) is 0 Å². The Bertz CT molecular complexity index is 470. The van der Waals surface area contributed by atoms with E-state index in [-0.39, 0.29) is 17.4 Å². The first-order chi connectivity index (χ1) is 10.0. The van der Waals surface area contributed by atoms with Crippen LogP contribution in [0.3, 0.4) is 0 Å². The molecule has 118 valence electrons. The maximum Gasteiger partial charge on any atom is 0.142 e.